The number of nitrogens with one attached hydrogen (secondary N) is 2. The molecule has 0 radical (unpaired) electrons. The second kappa shape index (κ2) is 7.08. The summed E-state index contributed by atoms with van der Waals surface area (Å²) in [6.45, 7) is 6.41. The zero-order valence-corrected chi connectivity index (χ0v) is 14.1. The molecule has 5 heteroatoms. The normalized spacial score (nSPS) is 10.7. The van der Waals surface area contributed by atoms with Gasteiger partial charge in [-0.25, -0.2) is 0 Å². The number of benzene rings is 2. The molecular weight excluding hydrogens is 298 g/mol. The second-order valence-electron chi connectivity index (χ2n) is 6.06. The Kier molecular flexibility index (Phi) is 4.70. The Labute approximate surface area is 142 Å². The lowest BCUT2D eigenvalue weighted by Crippen LogP contribution is -2.02. The topological polar surface area (TPSA) is 62.7 Å². The van der Waals surface area contributed by atoms with Crippen molar-refractivity contribution < 1.29 is 0 Å². The fraction of sp³-hybridized carbons (Fsp3) is 0.211. The summed E-state index contributed by atoms with van der Waals surface area (Å²) in [5.74, 6) is 1.63. The molecule has 0 amide bonds. The van der Waals surface area contributed by atoms with Gasteiger partial charge < -0.3 is 10.6 Å². The van der Waals surface area contributed by atoms with E-state index < -0.39 is 0 Å². The van der Waals surface area contributed by atoms with E-state index in [-0.39, 0.29) is 0 Å². The summed E-state index contributed by atoms with van der Waals surface area (Å²) in [4.78, 5) is 4.45. The van der Waals surface area contributed by atoms with Crippen LogP contribution in [-0.4, -0.2) is 15.2 Å². The van der Waals surface area contributed by atoms with Crippen LogP contribution in [0.15, 0.2) is 54.7 Å². The molecule has 3 aromatic rings. The number of hydrogen-bond acceptors (Lipinski definition) is 5. The summed E-state index contributed by atoms with van der Waals surface area (Å²) in [6, 6.07) is 16.4. The van der Waals surface area contributed by atoms with Crippen molar-refractivity contribution in [2.45, 2.75) is 26.7 Å². The largest absolute Gasteiger partial charge is 0.339 e. The molecule has 0 unspecified atom stereocenters. The number of nitrogens with zero attached hydrogens (tertiary/aromatic N) is 3. The van der Waals surface area contributed by atoms with Crippen molar-refractivity contribution in [3.05, 3.63) is 65.9 Å². The zero-order chi connectivity index (χ0) is 16.9. The van der Waals surface area contributed by atoms with Crippen molar-refractivity contribution in [2.75, 3.05) is 10.6 Å². The molecule has 0 saturated heterocycles. The Morgan fingerprint density at radius 2 is 1.46 bits per heavy atom. The molecule has 0 fully saturated rings. The summed E-state index contributed by atoms with van der Waals surface area (Å²) in [5.41, 5.74) is 4.42. The molecule has 122 valence electrons. The van der Waals surface area contributed by atoms with E-state index in [1.54, 1.807) is 6.20 Å². The van der Waals surface area contributed by atoms with Gasteiger partial charge in [0.1, 0.15) is 0 Å². The van der Waals surface area contributed by atoms with Crippen LogP contribution in [0.2, 0.25) is 0 Å². The third kappa shape index (κ3) is 4.07. The lowest BCUT2D eigenvalue weighted by atomic mass is 10.0. The maximum atomic E-state index is 4.45. The highest BCUT2D eigenvalue weighted by Crippen LogP contribution is 2.20. The van der Waals surface area contributed by atoms with E-state index in [1.165, 1.54) is 11.1 Å². The number of anilines is 4. The second-order valence-corrected chi connectivity index (χ2v) is 6.06. The minimum atomic E-state index is 0.461. The van der Waals surface area contributed by atoms with Crippen LogP contribution in [0.25, 0.3) is 0 Å². The van der Waals surface area contributed by atoms with Gasteiger partial charge in [-0.15, -0.1) is 5.10 Å². The zero-order valence-electron chi connectivity index (χ0n) is 14.1. The van der Waals surface area contributed by atoms with Crippen molar-refractivity contribution >= 4 is 23.1 Å². The fourth-order valence-corrected chi connectivity index (χ4v) is 2.28. The van der Waals surface area contributed by atoms with Crippen molar-refractivity contribution in [3.8, 4) is 0 Å². The highest BCUT2D eigenvalue weighted by molar-refractivity contribution is 5.59. The maximum Gasteiger partial charge on any atom is 0.249 e. The smallest absolute Gasteiger partial charge is 0.249 e. The molecule has 2 N–H and O–H groups in total. The lowest BCUT2D eigenvalue weighted by Gasteiger charge is -2.09. The quantitative estimate of drug-likeness (QED) is 0.708. The molecule has 0 aliphatic heterocycles. The van der Waals surface area contributed by atoms with Crippen molar-refractivity contribution in [1.82, 2.24) is 15.2 Å². The van der Waals surface area contributed by atoms with Gasteiger partial charge >= 0.3 is 0 Å². The van der Waals surface area contributed by atoms with Crippen molar-refractivity contribution in [1.29, 1.82) is 0 Å². The number of rotatable bonds is 5. The van der Waals surface area contributed by atoms with Gasteiger partial charge in [0.2, 0.25) is 5.95 Å². The van der Waals surface area contributed by atoms with E-state index in [0.717, 1.165) is 11.4 Å². The summed E-state index contributed by atoms with van der Waals surface area (Å²) in [7, 11) is 0. The highest BCUT2D eigenvalue weighted by Gasteiger charge is 2.03. The van der Waals surface area contributed by atoms with Gasteiger partial charge in [-0.1, -0.05) is 43.7 Å². The molecule has 2 aromatic carbocycles. The lowest BCUT2D eigenvalue weighted by molar-refractivity contribution is 0.867. The molecule has 0 saturated carbocycles. The van der Waals surface area contributed by atoms with Crippen molar-refractivity contribution in [3.63, 3.8) is 0 Å². The minimum absolute atomic E-state index is 0.461. The Hall–Kier alpha value is -2.95. The fourth-order valence-electron chi connectivity index (χ4n) is 2.28. The summed E-state index contributed by atoms with van der Waals surface area (Å²) >= 11 is 0. The summed E-state index contributed by atoms with van der Waals surface area (Å²) in [5, 5.41) is 14.4. The van der Waals surface area contributed by atoms with Crippen LogP contribution in [0.1, 0.15) is 30.9 Å². The maximum absolute atomic E-state index is 4.45. The van der Waals surface area contributed by atoms with Crippen molar-refractivity contribution in [2.24, 2.45) is 0 Å². The molecule has 0 aliphatic rings. The Balaban J connectivity index is 1.71. The Bertz CT molecular complexity index is 795. The average Bonchev–Trinajstić information content (AvgIpc) is 2.58. The molecule has 0 aliphatic carbocycles. The van der Waals surface area contributed by atoms with Gasteiger partial charge in [-0.3, -0.25) is 0 Å². The van der Waals surface area contributed by atoms with E-state index >= 15 is 0 Å². The average molecular weight is 319 g/mol. The molecule has 1 heterocycles. The van der Waals surface area contributed by atoms with E-state index in [1.807, 2.05) is 36.4 Å². The van der Waals surface area contributed by atoms with Crippen LogP contribution in [0.3, 0.4) is 0 Å². The van der Waals surface area contributed by atoms with Crippen LogP contribution in [-0.2, 0) is 0 Å². The molecule has 0 spiro atoms. The van der Waals surface area contributed by atoms with Gasteiger partial charge in [0.05, 0.1) is 6.20 Å². The summed E-state index contributed by atoms with van der Waals surface area (Å²) in [6.07, 6.45) is 1.61. The third-order valence-electron chi connectivity index (χ3n) is 3.72. The number of aryl methyl sites for hydroxylation is 1. The molecular formula is C19H21N5. The Morgan fingerprint density at radius 3 is 2.12 bits per heavy atom. The first-order chi connectivity index (χ1) is 11.6. The summed E-state index contributed by atoms with van der Waals surface area (Å²) < 4.78 is 0. The van der Waals surface area contributed by atoms with E-state index in [9.17, 15) is 0 Å². The molecule has 0 atom stereocenters. The van der Waals surface area contributed by atoms with Gasteiger partial charge in [-0.05, 0) is 42.7 Å². The monoisotopic (exact) mass is 319 g/mol. The van der Waals surface area contributed by atoms with Gasteiger partial charge in [0, 0.05) is 11.4 Å². The molecule has 5 nitrogen and oxygen atoms in total. The first-order valence-electron chi connectivity index (χ1n) is 8.00. The van der Waals surface area contributed by atoms with Gasteiger partial charge in [0.25, 0.3) is 0 Å². The number of hydrogen-bond donors (Lipinski definition) is 2. The first-order valence-corrected chi connectivity index (χ1v) is 8.00. The number of aromatic nitrogens is 3. The van der Waals surface area contributed by atoms with Crippen LogP contribution in [0.5, 0.6) is 0 Å². The predicted molar refractivity (Wildman–Crippen MR) is 98.1 cm³/mol. The predicted octanol–water partition coefficient (Wildman–Crippen LogP) is 4.79. The van der Waals surface area contributed by atoms with Crippen LogP contribution in [0, 0.1) is 6.92 Å². The SMILES string of the molecule is Cc1ccc(Nc2nncc(Nc3ccc(C(C)C)cc3)n2)cc1. The van der Waals surface area contributed by atoms with E-state index in [4.69, 9.17) is 0 Å². The molecule has 24 heavy (non-hydrogen) atoms. The standard InChI is InChI=1S/C19H21N5/c1-13(2)15-6-10-16(11-7-15)21-18-12-20-24-19(23-18)22-17-8-4-14(3)5-9-17/h4-13H,1-3H3,(H2,21,22,23,24). The molecule has 3 rings (SSSR count). The van der Waals surface area contributed by atoms with Gasteiger partial charge in [0.15, 0.2) is 5.82 Å². The van der Waals surface area contributed by atoms with Crippen LogP contribution < -0.4 is 10.6 Å². The van der Waals surface area contributed by atoms with Gasteiger partial charge in [-0.2, -0.15) is 10.1 Å². The van der Waals surface area contributed by atoms with E-state index in [0.29, 0.717) is 17.7 Å². The van der Waals surface area contributed by atoms with Crippen LogP contribution >= 0.6 is 0 Å². The minimum Gasteiger partial charge on any atom is -0.339 e. The van der Waals surface area contributed by atoms with Crippen LogP contribution in [0.4, 0.5) is 23.1 Å². The third-order valence-corrected chi connectivity index (χ3v) is 3.72. The first kappa shape index (κ1) is 15.9. The van der Waals surface area contributed by atoms with E-state index in [2.05, 4.69) is 58.7 Å². The molecule has 0 bridgehead atoms. The Morgan fingerprint density at radius 1 is 0.833 bits per heavy atom. The highest BCUT2D eigenvalue weighted by atomic mass is 15.3. The molecule has 1 aromatic heterocycles.